The topological polar surface area (TPSA) is 142 Å². The number of likely N-dealkylation sites (N-methyl/N-ethyl adjacent to an activating group) is 1. The molecule has 0 spiro atoms. The molecule has 2 atom stereocenters. The summed E-state index contributed by atoms with van der Waals surface area (Å²) in [6.45, 7) is 2.35. The lowest BCUT2D eigenvalue weighted by atomic mass is 10.1. The minimum atomic E-state index is -0.349. The van der Waals surface area contributed by atoms with Gasteiger partial charge in [0.05, 0.1) is 29.8 Å². The van der Waals surface area contributed by atoms with Crippen molar-refractivity contribution in [2.24, 2.45) is 5.92 Å². The molecule has 0 aromatic carbocycles. The normalized spacial score (nSPS) is 20.0. The fourth-order valence-corrected chi connectivity index (χ4v) is 5.45. The first-order valence-electron chi connectivity index (χ1n) is 14.0. The van der Waals surface area contributed by atoms with Crippen molar-refractivity contribution >= 4 is 40.7 Å². The van der Waals surface area contributed by atoms with Gasteiger partial charge in [-0.05, 0) is 49.8 Å². The molecule has 3 fully saturated rings. The van der Waals surface area contributed by atoms with E-state index in [9.17, 15) is 14.4 Å². The van der Waals surface area contributed by atoms with Crippen molar-refractivity contribution in [1.29, 1.82) is 0 Å². The Morgan fingerprint density at radius 2 is 2.00 bits per heavy atom. The first kappa shape index (κ1) is 26.0. The van der Waals surface area contributed by atoms with E-state index in [0.717, 1.165) is 40.4 Å². The number of urea groups is 1. The standard InChI is InChI=1S/C29H30N10O3/c1-16-6-7-30-26(32-16)21-10-22(21)28(41)34-24-9-20(11-31-35-24)36(2)13-19-14-38-12-18(17-4-5-17)8-23(27(38)33-19)39-15-25(40)37(3)29(39)42/h6-9,11-12,14,17,21-22H,4-5,10,13,15H2,1-3H3,(H,34,35,41). The molecule has 3 aliphatic rings. The van der Waals surface area contributed by atoms with E-state index in [2.05, 4.69) is 31.7 Å². The molecule has 5 heterocycles. The number of fused-ring (bicyclic) bond motifs is 1. The Bertz CT molecular complexity index is 1750. The van der Waals surface area contributed by atoms with Crippen LogP contribution in [0.25, 0.3) is 5.65 Å². The van der Waals surface area contributed by atoms with Crippen LogP contribution >= 0.6 is 0 Å². The Hall–Kier alpha value is -4.94. The molecule has 2 unspecified atom stereocenters. The van der Waals surface area contributed by atoms with Gasteiger partial charge in [-0.3, -0.25) is 19.4 Å². The van der Waals surface area contributed by atoms with Crippen LogP contribution in [0.4, 0.5) is 22.0 Å². The third-order valence-corrected chi connectivity index (χ3v) is 8.13. The number of aromatic nitrogens is 6. The predicted octanol–water partition coefficient (Wildman–Crippen LogP) is 2.88. The summed E-state index contributed by atoms with van der Waals surface area (Å²) in [4.78, 5) is 56.2. The lowest BCUT2D eigenvalue weighted by Crippen LogP contribution is -2.30. The van der Waals surface area contributed by atoms with Crippen molar-refractivity contribution < 1.29 is 14.4 Å². The third kappa shape index (κ3) is 4.80. The fourth-order valence-electron chi connectivity index (χ4n) is 5.45. The number of rotatable bonds is 8. The number of imidazole rings is 1. The molecule has 13 heteroatoms. The lowest BCUT2D eigenvalue weighted by Gasteiger charge is -2.18. The van der Waals surface area contributed by atoms with Gasteiger partial charge in [0.15, 0.2) is 11.5 Å². The highest BCUT2D eigenvalue weighted by atomic mass is 16.2. The highest BCUT2D eigenvalue weighted by Gasteiger charge is 2.46. The zero-order valence-electron chi connectivity index (χ0n) is 23.6. The summed E-state index contributed by atoms with van der Waals surface area (Å²) in [5.74, 6) is 0.975. The zero-order valence-corrected chi connectivity index (χ0v) is 23.6. The monoisotopic (exact) mass is 566 g/mol. The van der Waals surface area contributed by atoms with Crippen LogP contribution in [0.1, 0.15) is 53.9 Å². The van der Waals surface area contributed by atoms with Gasteiger partial charge in [-0.15, -0.1) is 5.10 Å². The van der Waals surface area contributed by atoms with Gasteiger partial charge < -0.3 is 14.6 Å². The summed E-state index contributed by atoms with van der Waals surface area (Å²) < 4.78 is 1.95. The van der Waals surface area contributed by atoms with E-state index >= 15 is 0 Å². The van der Waals surface area contributed by atoms with Crippen LogP contribution in [0.3, 0.4) is 0 Å². The van der Waals surface area contributed by atoms with Crippen LogP contribution in [0.15, 0.2) is 43.0 Å². The quantitative estimate of drug-likeness (QED) is 0.319. The first-order valence-corrected chi connectivity index (χ1v) is 14.0. The smallest absolute Gasteiger partial charge is 0.331 e. The molecular formula is C29H30N10O3. The van der Waals surface area contributed by atoms with Crippen LogP contribution in [0.2, 0.25) is 0 Å². The number of hydrogen-bond donors (Lipinski definition) is 1. The number of nitrogens with zero attached hydrogens (tertiary/aromatic N) is 9. The molecule has 42 heavy (non-hydrogen) atoms. The average Bonchev–Trinajstić information content (AvgIpc) is 3.90. The number of hydrogen-bond acceptors (Lipinski definition) is 9. The summed E-state index contributed by atoms with van der Waals surface area (Å²) in [6, 6.07) is 5.26. The lowest BCUT2D eigenvalue weighted by molar-refractivity contribution is -0.124. The van der Waals surface area contributed by atoms with Crippen LogP contribution in [0, 0.1) is 12.8 Å². The summed E-state index contributed by atoms with van der Waals surface area (Å²) in [7, 11) is 3.41. The van der Waals surface area contributed by atoms with Crippen LogP contribution in [-0.4, -0.2) is 72.9 Å². The Labute approximate surface area is 241 Å². The molecule has 2 saturated carbocycles. The average molecular weight is 567 g/mol. The van der Waals surface area contributed by atoms with Gasteiger partial charge in [0.2, 0.25) is 11.8 Å². The molecule has 1 aliphatic heterocycles. The zero-order chi connectivity index (χ0) is 29.1. The second kappa shape index (κ2) is 9.86. The van der Waals surface area contributed by atoms with Crippen molar-refractivity contribution in [3.63, 3.8) is 0 Å². The largest absolute Gasteiger partial charge is 0.367 e. The van der Waals surface area contributed by atoms with E-state index < -0.39 is 0 Å². The van der Waals surface area contributed by atoms with E-state index in [4.69, 9.17) is 4.98 Å². The number of carbonyl (C=O) groups is 3. The molecule has 0 bridgehead atoms. The predicted molar refractivity (Wildman–Crippen MR) is 153 cm³/mol. The van der Waals surface area contributed by atoms with Gasteiger partial charge in [-0.2, -0.15) is 5.10 Å². The van der Waals surface area contributed by atoms with Gasteiger partial charge in [0.1, 0.15) is 12.4 Å². The number of carbonyl (C=O) groups excluding carboxylic acids is 3. The Balaban J connectivity index is 1.08. The van der Waals surface area contributed by atoms with E-state index in [0.29, 0.717) is 41.9 Å². The number of pyridine rings is 1. The number of amides is 4. The van der Waals surface area contributed by atoms with Crippen LogP contribution < -0.4 is 15.1 Å². The van der Waals surface area contributed by atoms with Crippen molar-refractivity contribution in [3.8, 4) is 0 Å². The molecule has 13 nitrogen and oxygen atoms in total. The summed E-state index contributed by atoms with van der Waals surface area (Å²) in [6.07, 6.45) is 10.3. The molecule has 4 aromatic heterocycles. The van der Waals surface area contributed by atoms with Crippen molar-refractivity contribution in [2.75, 3.05) is 35.8 Å². The SMILES string of the molecule is Cc1ccnc(C2CC2C(=O)Nc2cc(N(C)Cc3cn4cc(C5CC5)cc(N5CC(=O)N(C)C5=O)c4n3)cnn2)n1. The van der Waals surface area contributed by atoms with E-state index in [1.165, 1.54) is 11.9 Å². The van der Waals surface area contributed by atoms with Crippen molar-refractivity contribution in [1.82, 2.24) is 34.4 Å². The molecule has 7 rings (SSSR count). The van der Waals surface area contributed by atoms with Gasteiger partial charge in [0.25, 0.3) is 0 Å². The summed E-state index contributed by atoms with van der Waals surface area (Å²) in [5.41, 5.74) is 4.81. The Kier molecular flexibility index (Phi) is 6.10. The molecule has 214 valence electrons. The summed E-state index contributed by atoms with van der Waals surface area (Å²) >= 11 is 0. The van der Waals surface area contributed by atoms with Gasteiger partial charge in [-0.1, -0.05) is 0 Å². The number of aryl methyl sites for hydroxylation is 1. The molecule has 0 radical (unpaired) electrons. The second-order valence-electron chi connectivity index (χ2n) is 11.4. The molecule has 4 aromatic rings. The van der Waals surface area contributed by atoms with Crippen molar-refractivity contribution in [2.45, 2.75) is 44.6 Å². The maximum absolute atomic E-state index is 12.9. The van der Waals surface area contributed by atoms with Gasteiger partial charge in [0, 0.05) is 56.3 Å². The Morgan fingerprint density at radius 1 is 1.17 bits per heavy atom. The summed E-state index contributed by atoms with van der Waals surface area (Å²) in [5, 5.41) is 11.1. The van der Waals surface area contributed by atoms with Crippen LogP contribution in [-0.2, 0) is 16.1 Å². The number of nitrogens with one attached hydrogen (secondary N) is 1. The number of imide groups is 1. The van der Waals surface area contributed by atoms with Crippen molar-refractivity contribution in [3.05, 3.63) is 65.8 Å². The molecule has 1 saturated heterocycles. The molecular weight excluding hydrogens is 536 g/mol. The maximum atomic E-state index is 12.9. The van der Waals surface area contributed by atoms with E-state index in [1.54, 1.807) is 18.5 Å². The highest BCUT2D eigenvalue weighted by Crippen LogP contribution is 2.46. The fraction of sp³-hybridized carbons (Fsp3) is 0.379. The highest BCUT2D eigenvalue weighted by molar-refractivity contribution is 6.13. The van der Waals surface area contributed by atoms with E-state index in [-0.39, 0.29) is 36.2 Å². The van der Waals surface area contributed by atoms with E-state index in [1.807, 2.05) is 41.6 Å². The molecule has 2 aliphatic carbocycles. The first-order chi connectivity index (χ1) is 20.2. The minimum absolute atomic E-state index is 0.00198. The minimum Gasteiger partial charge on any atom is -0.367 e. The Morgan fingerprint density at radius 3 is 2.74 bits per heavy atom. The molecule has 1 N–H and O–H groups in total. The molecule has 4 amide bonds. The maximum Gasteiger partial charge on any atom is 0.331 e. The third-order valence-electron chi connectivity index (χ3n) is 8.13. The second-order valence-corrected chi connectivity index (χ2v) is 11.4. The number of anilines is 3. The van der Waals surface area contributed by atoms with Gasteiger partial charge in [-0.25, -0.2) is 19.7 Å². The van der Waals surface area contributed by atoms with Gasteiger partial charge >= 0.3 is 6.03 Å². The van der Waals surface area contributed by atoms with Crippen LogP contribution in [0.5, 0.6) is 0 Å².